The zero-order chi connectivity index (χ0) is 21.7. The third kappa shape index (κ3) is 5.40. The first-order valence-electron chi connectivity index (χ1n) is 10.9. The van der Waals surface area contributed by atoms with Crippen LogP contribution in [-0.4, -0.2) is 61.8 Å². The first-order chi connectivity index (χ1) is 14.3. The molecule has 2 aliphatic rings. The van der Waals surface area contributed by atoms with Gasteiger partial charge in [-0.1, -0.05) is 25.8 Å². The van der Waals surface area contributed by atoms with Crippen LogP contribution in [0.2, 0.25) is 0 Å². The summed E-state index contributed by atoms with van der Waals surface area (Å²) >= 11 is 0. The van der Waals surface area contributed by atoms with E-state index < -0.39 is 22.1 Å². The Morgan fingerprint density at radius 1 is 1.03 bits per heavy atom. The van der Waals surface area contributed by atoms with E-state index >= 15 is 0 Å². The molecule has 0 unspecified atom stereocenters. The van der Waals surface area contributed by atoms with Gasteiger partial charge in [-0.3, -0.25) is 4.79 Å². The van der Waals surface area contributed by atoms with E-state index in [4.69, 9.17) is 4.74 Å². The zero-order valence-corrected chi connectivity index (χ0v) is 18.7. The normalized spacial score (nSPS) is 20.4. The van der Waals surface area contributed by atoms with Gasteiger partial charge in [-0.15, -0.1) is 0 Å². The second-order valence-corrected chi connectivity index (χ2v) is 10.3. The average molecular weight is 437 g/mol. The van der Waals surface area contributed by atoms with Crippen LogP contribution in [0.5, 0.6) is 0 Å². The van der Waals surface area contributed by atoms with Crippen LogP contribution in [0.25, 0.3) is 0 Å². The van der Waals surface area contributed by atoms with Crippen molar-refractivity contribution >= 4 is 21.9 Å². The van der Waals surface area contributed by atoms with Crippen molar-refractivity contribution in [2.75, 3.05) is 26.2 Å². The lowest BCUT2D eigenvalue weighted by Crippen LogP contribution is -2.44. The van der Waals surface area contributed by atoms with Crippen LogP contribution in [0.1, 0.15) is 62.7 Å². The van der Waals surface area contributed by atoms with Gasteiger partial charge < -0.3 is 9.64 Å². The van der Waals surface area contributed by atoms with E-state index in [1.165, 1.54) is 22.5 Å². The summed E-state index contributed by atoms with van der Waals surface area (Å²) in [6.45, 7) is 6.07. The minimum absolute atomic E-state index is 0.0860. The molecular formula is C22H32N2O5S. The smallest absolute Gasteiger partial charge is 0.338 e. The number of benzene rings is 1. The van der Waals surface area contributed by atoms with E-state index in [2.05, 4.69) is 6.92 Å². The fourth-order valence-electron chi connectivity index (χ4n) is 3.98. The van der Waals surface area contributed by atoms with Gasteiger partial charge in [0.05, 0.1) is 10.5 Å². The van der Waals surface area contributed by atoms with Crippen molar-refractivity contribution in [2.45, 2.75) is 63.4 Å². The van der Waals surface area contributed by atoms with Crippen LogP contribution < -0.4 is 0 Å². The minimum atomic E-state index is -3.66. The van der Waals surface area contributed by atoms with Crippen molar-refractivity contribution in [3.05, 3.63) is 29.8 Å². The highest BCUT2D eigenvalue weighted by Gasteiger charge is 2.29. The predicted octanol–water partition coefficient (Wildman–Crippen LogP) is 3.06. The molecule has 2 heterocycles. The van der Waals surface area contributed by atoms with E-state index in [0.29, 0.717) is 32.1 Å². The summed E-state index contributed by atoms with van der Waals surface area (Å²) in [6, 6.07) is 5.91. The number of esters is 1. The quantitative estimate of drug-likeness (QED) is 0.663. The van der Waals surface area contributed by atoms with Gasteiger partial charge in [-0.2, -0.15) is 4.31 Å². The Labute approximate surface area is 179 Å². The third-order valence-corrected chi connectivity index (χ3v) is 7.89. The SMILES string of the molecule is CC1CCN(C(=O)[C@@H](C)OC(=O)c2cccc(S(=O)(=O)N3CCCCCC3)c2)CC1. The third-order valence-electron chi connectivity index (χ3n) is 6.00. The lowest BCUT2D eigenvalue weighted by Gasteiger charge is -2.31. The summed E-state index contributed by atoms with van der Waals surface area (Å²) in [7, 11) is -3.66. The number of hydrogen-bond donors (Lipinski definition) is 0. The van der Waals surface area contributed by atoms with E-state index in [0.717, 1.165) is 38.5 Å². The number of ether oxygens (including phenoxy) is 1. The highest BCUT2D eigenvalue weighted by molar-refractivity contribution is 7.89. The van der Waals surface area contributed by atoms with Gasteiger partial charge in [-0.05, 0) is 56.7 Å². The first-order valence-corrected chi connectivity index (χ1v) is 12.3. The Balaban J connectivity index is 1.67. The largest absolute Gasteiger partial charge is 0.449 e. The maximum absolute atomic E-state index is 13.0. The Bertz CT molecular complexity index is 854. The number of nitrogens with zero attached hydrogens (tertiary/aromatic N) is 2. The number of sulfonamides is 1. The molecule has 0 radical (unpaired) electrons. The molecule has 0 bridgehead atoms. The monoisotopic (exact) mass is 436 g/mol. The van der Waals surface area contributed by atoms with Gasteiger partial charge in [0.1, 0.15) is 0 Å². The Morgan fingerprint density at radius 3 is 2.30 bits per heavy atom. The number of carbonyl (C=O) groups excluding carboxylic acids is 2. The van der Waals surface area contributed by atoms with Crippen LogP contribution >= 0.6 is 0 Å². The number of carbonyl (C=O) groups is 2. The van der Waals surface area contributed by atoms with Crippen LogP contribution in [0.3, 0.4) is 0 Å². The lowest BCUT2D eigenvalue weighted by atomic mass is 9.99. The molecular weight excluding hydrogens is 404 g/mol. The number of piperidine rings is 1. The summed E-state index contributed by atoms with van der Waals surface area (Å²) in [5, 5.41) is 0. The molecule has 8 heteroatoms. The van der Waals surface area contributed by atoms with Crippen molar-refractivity contribution in [2.24, 2.45) is 5.92 Å². The predicted molar refractivity (Wildman–Crippen MR) is 114 cm³/mol. The molecule has 3 rings (SSSR count). The van der Waals surface area contributed by atoms with Crippen molar-refractivity contribution in [1.29, 1.82) is 0 Å². The second-order valence-electron chi connectivity index (χ2n) is 8.40. The molecule has 0 aliphatic carbocycles. The average Bonchev–Trinajstić information content (AvgIpc) is 3.04. The molecule has 1 aromatic rings. The van der Waals surface area contributed by atoms with E-state index in [9.17, 15) is 18.0 Å². The molecule has 1 aromatic carbocycles. The fourth-order valence-corrected chi connectivity index (χ4v) is 5.54. The van der Waals surface area contributed by atoms with Crippen molar-refractivity contribution in [3.8, 4) is 0 Å². The molecule has 0 aromatic heterocycles. The van der Waals surface area contributed by atoms with Gasteiger partial charge in [0.2, 0.25) is 10.0 Å². The van der Waals surface area contributed by atoms with Crippen LogP contribution in [-0.2, 0) is 19.6 Å². The Hall–Kier alpha value is -1.93. The number of amides is 1. The summed E-state index contributed by atoms with van der Waals surface area (Å²) in [5.41, 5.74) is 0.137. The number of rotatable bonds is 5. The Morgan fingerprint density at radius 2 is 1.67 bits per heavy atom. The van der Waals surface area contributed by atoms with Crippen LogP contribution in [0.4, 0.5) is 0 Å². The zero-order valence-electron chi connectivity index (χ0n) is 17.9. The van der Waals surface area contributed by atoms with Crippen LogP contribution in [0, 0.1) is 5.92 Å². The van der Waals surface area contributed by atoms with E-state index in [1.807, 2.05) is 0 Å². The molecule has 2 saturated heterocycles. The lowest BCUT2D eigenvalue weighted by molar-refractivity contribution is -0.141. The van der Waals surface area contributed by atoms with Crippen molar-refractivity contribution < 1.29 is 22.7 Å². The molecule has 30 heavy (non-hydrogen) atoms. The van der Waals surface area contributed by atoms with Gasteiger partial charge in [-0.25, -0.2) is 13.2 Å². The fraction of sp³-hybridized carbons (Fsp3) is 0.636. The maximum atomic E-state index is 13.0. The Kier molecular flexibility index (Phi) is 7.52. The molecule has 7 nitrogen and oxygen atoms in total. The first kappa shape index (κ1) is 22.7. The summed E-state index contributed by atoms with van der Waals surface area (Å²) < 4.78 is 32.8. The van der Waals surface area contributed by atoms with Crippen molar-refractivity contribution in [3.63, 3.8) is 0 Å². The van der Waals surface area contributed by atoms with Crippen molar-refractivity contribution in [1.82, 2.24) is 9.21 Å². The molecule has 0 N–H and O–H groups in total. The van der Waals surface area contributed by atoms with Gasteiger partial charge in [0, 0.05) is 26.2 Å². The molecule has 2 fully saturated rings. The second kappa shape index (κ2) is 9.92. The highest BCUT2D eigenvalue weighted by Crippen LogP contribution is 2.22. The van der Waals surface area contributed by atoms with E-state index in [1.54, 1.807) is 17.9 Å². The van der Waals surface area contributed by atoms with Gasteiger partial charge >= 0.3 is 5.97 Å². The molecule has 166 valence electrons. The minimum Gasteiger partial charge on any atom is -0.449 e. The standard InChI is InChI=1S/C22H32N2O5S/c1-17-10-14-23(15-11-17)21(25)18(2)29-22(26)19-8-7-9-20(16-19)30(27,28)24-12-5-3-4-6-13-24/h7-9,16-18H,3-6,10-15H2,1-2H3/t18-/m1/s1. The van der Waals surface area contributed by atoms with Gasteiger partial charge in [0.25, 0.3) is 5.91 Å². The maximum Gasteiger partial charge on any atom is 0.338 e. The summed E-state index contributed by atoms with van der Waals surface area (Å²) in [4.78, 5) is 27.0. The molecule has 1 atom stereocenters. The molecule has 0 spiro atoms. The summed E-state index contributed by atoms with van der Waals surface area (Å²) in [5.74, 6) is -0.293. The number of hydrogen-bond acceptors (Lipinski definition) is 5. The molecule has 1 amide bonds. The van der Waals surface area contributed by atoms with Crippen LogP contribution in [0.15, 0.2) is 29.2 Å². The topological polar surface area (TPSA) is 84.0 Å². The summed E-state index contributed by atoms with van der Waals surface area (Å²) in [6.07, 6.45) is 4.73. The molecule has 2 aliphatic heterocycles. The highest BCUT2D eigenvalue weighted by atomic mass is 32.2. The van der Waals surface area contributed by atoms with E-state index in [-0.39, 0.29) is 16.4 Å². The van der Waals surface area contributed by atoms with Gasteiger partial charge in [0.15, 0.2) is 6.10 Å². The molecule has 0 saturated carbocycles. The number of likely N-dealkylation sites (tertiary alicyclic amines) is 1.